The third-order valence-electron chi connectivity index (χ3n) is 2.36. The highest BCUT2D eigenvalue weighted by atomic mass is 35.5. The van der Waals surface area contributed by atoms with Crippen molar-refractivity contribution in [1.82, 2.24) is 5.32 Å². The van der Waals surface area contributed by atoms with Crippen molar-refractivity contribution in [3.8, 4) is 0 Å². The quantitative estimate of drug-likeness (QED) is 0.701. The predicted octanol–water partition coefficient (Wildman–Crippen LogP) is -0.0318. The van der Waals surface area contributed by atoms with Gasteiger partial charge in [0.2, 0.25) is 11.8 Å². The Hall–Kier alpha value is -1.59. The summed E-state index contributed by atoms with van der Waals surface area (Å²) in [7, 11) is 0. The molecule has 0 radical (unpaired) electrons. The number of carbonyl (C=O) groups excluding carboxylic acids is 2. The first kappa shape index (κ1) is 16.4. The lowest BCUT2D eigenvalue weighted by Crippen LogP contribution is -2.50. The number of nitrogens with one attached hydrogen (secondary N) is 1. The zero-order valence-corrected chi connectivity index (χ0v) is 10.9. The molecule has 0 spiro atoms. The molecule has 2 atom stereocenters. The van der Waals surface area contributed by atoms with Gasteiger partial charge in [0.15, 0.2) is 0 Å². The van der Waals surface area contributed by atoms with E-state index in [9.17, 15) is 9.59 Å². The smallest absolute Gasteiger partial charge is 0.240 e. The Balaban J connectivity index is 0.00000289. The molecule has 0 aliphatic rings. The van der Waals surface area contributed by atoms with Gasteiger partial charge in [-0.25, -0.2) is 0 Å². The van der Waals surface area contributed by atoms with E-state index < -0.39 is 18.0 Å². The van der Waals surface area contributed by atoms with Crippen LogP contribution in [0, 0.1) is 0 Å². The lowest BCUT2D eigenvalue weighted by atomic mass is 10.1. The Bertz CT molecular complexity index is 396. The largest absolute Gasteiger partial charge is 0.368 e. The van der Waals surface area contributed by atoms with Crippen molar-refractivity contribution in [3.05, 3.63) is 35.9 Å². The van der Waals surface area contributed by atoms with Crippen molar-refractivity contribution in [2.45, 2.75) is 25.4 Å². The van der Waals surface area contributed by atoms with Gasteiger partial charge in [0, 0.05) is 6.42 Å². The molecule has 1 aromatic carbocycles. The maximum atomic E-state index is 11.4. The maximum absolute atomic E-state index is 11.4. The number of hydrogen-bond acceptors (Lipinski definition) is 3. The van der Waals surface area contributed by atoms with Crippen LogP contribution in [0.5, 0.6) is 0 Å². The van der Waals surface area contributed by atoms with Gasteiger partial charge in [-0.1, -0.05) is 30.3 Å². The fourth-order valence-corrected chi connectivity index (χ4v) is 1.38. The SMILES string of the molecule is C[C@H](N)C(=O)N[C@@H](Cc1ccccc1)C(N)=O.Cl. The van der Waals surface area contributed by atoms with Gasteiger partial charge in [-0.05, 0) is 12.5 Å². The van der Waals surface area contributed by atoms with Crippen molar-refractivity contribution < 1.29 is 9.59 Å². The second-order valence-electron chi connectivity index (χ2n) is 3.94. The first-order valence-corrected chi connectivity index (χ1v) is 5.40. The number of primary amides is 1. The number of carbonyl (C=O) groups is 2. The summed E-state index contributed by atoms with van der Waals surface area (Å²) in [5.41, 5.74) is 11.6. The van der Waals surface area contributed by atoms with Gasteiger partial charge in [0.25, 0.3) is 0 Å². The molecule has 5 nitrogen and oxygen atoms in total. The fourth-order valence-electron chi connectivity index (χ4n) is 1.38. The van der Waals surface area contributed by atoms with E-state index in [1.54, 1.807) is 6.92 Å². The second kappa shape index (κ2) is 7.68. The zero-order valence-electron chi connectivity index (χ0n) is 10.1. The Morgan fingerprint density at radius 1 is 1.28 bits per heavy atom. The molecule has 0 unspecified atom stereocenters. The molecular formula is C12H18ClN3O2. The summed E-state index contributed by atoms with van der Waals surface area (Å²) in [6.45, 7) is 1.55. The summed E-state index contributed by atoms with van der Waals surface area (Å²) in [6.07, 6.45) is 0.370. The van der Waals surface area contributed by atoms with E-state index in [4.69, 9.17) is 11.5 Å². The van der Waals surface area contributed by atoms with E-state index in [2.05, 4.69) is 5.32 Å². The minimum absolute atomic E-state index is 0. The van der Waals surface area contributed by atoms with E-state index >= 15 is 0 Å². The van der Waals surface area contributed by atoms with Crippen molar-refractivity contribution in [1.29, 1.82) is 0 Å². The maximum Gasteiger partial charge on any atom is 0.240 e. The van der Waals surface area contributed by atoms with Gasteiger partial charge in [-0.15, -0.1) is 12.4 Å². The number of halogens is 1. The molecule has 1 rings (SSSR count). The summed E-state index contributed by atoms with van der Waals surface area (Å²) in [5, 5.41) is 2.53. The number of nitrogens with two attached hydrogens (primary N) is 2. The number of amides is 2. The van der Waals surface area contributed by atoms with E-state index in [-0.39, 0.29) is 18.3 Å². The summed E-state index contributed by atoms with van der Waals surface area (Å²) in [6, 6.07) is 7.95. The first-order valence-electron chi connectivity index (χ1n) is 5.40. The van der Waals surface area contributed by atoms with E-state index in [0.717, 1.165) is 5.56 Å². The van der Waals surface area contributed by atoms with Gasteiger partial charge < -0.3 is 16.8 Å². The van der Waals surface area contributed by atoms with E-state index in [1.807, 2.05) is 30.3 Å². The zero-order chi connectivity index (χ0) is 12.8. The molecule has 0 saturated carbocycles. The van der Waals surface area contributed by atoms with Crippen molar-refractivity contribution in [2.24, 2.45) is 11.5 Å². The van der Waals surface area contributed by atoms with Crippen molar-refractivity contribution in [3.63, 3.8) is 0 Å². The molecule has 0 heterocycles. The highest BCUT2D eigenvalue weighted by Crippen LogP contribution is 2.03. The van der Waals surface area contributed by atoms with Crippen LogP contribution in [0.2, 0.25) is 0 Å². The molecule has 0 bridgehead atoms. The van der Waals surface area contributed by atoms with E-state index in [0.29, 0.717) is 6.42 Å². The van der Waals surface area contributed by atoms with E-state index in [1.165, 1.54) is 0 Å². The minimum Gasteiger partial charge on any atom is -0.368 e. The Morgan fingerprint density at radius 2 is 1.83 bits per heavy atom. The normalized spacial score (nSPS) is 13.0. The molecular weight excluding hydrogens is 254 g/mol. The number of hydrogen-bond donors (Lipinski definition) is 3. The van der Waals surface area contributed by atoms with Gasteiger partial charge in [-0.2, -0.15) is 0 Å². The number of rotatable bonds is 5. The molecule has 100 valence electrons. The summed E-state index contributed by atoms with van der Waals surface area (Å²) in [5.74, 6) is -0.951. The van der Waals surface area contributed by atoms with Crippen LogP contribution in [0.1, 0.15) is 12.5 Å². The molecule has 0 aliphatic carbocycles. The van der Waals surface area contributed by atoms with Gasteiger partial charge in [0.1, 0.15) is 6.04 Å². The third-order valence-corrected chi connectivity index (χ3v) is 2.36. The van der Waals surface area contributed by atoms with Crippen LogP contribution in [0.4, 0.5) is 0 Å². The average Bonchev–Trinajstić information content (AvgIpc) is 2.29. The summed E-state index contributed by atoms with van der Waals surface area (Å²) >= 11 is 0. The van der Waals surface area contributed by atoms with Gasteiger partial charge >= 0.3 is 0 Å². The van der Waals surface area contributed by atoms with Gasteiger partial charge in [-0.3, -0.25) is 9.59 Å². The molecule has 0 fully saturated rings. The van der Waals surface area contributed by atoms with Crippen molar-refractivity contribution in [2.75, 3.05) is 0 Å². The molecule has 1 aromatic rings. The standard InChI is InChI=1S/C12H17N3O2.ClH/c1-8(13)12(17)15-10(11(14)16)7-9-5-3-2-4-6-9;/h2-6,8,10H,7,13H2,1H3,(H2,14,16)(H,15,17);1H/t8-,10-;/m0./s1. The third kappa shape index (κ3) is 5.16. The average molecular weight is 272 g/mol. The highest BCUT2D eigenvalue weighted by molar-refractivity contribution is 5.88. The summed E-state index contributed by atoms with van der Waals surface area (Å²) < 4.78 is 0. The monoisotopic (exact) mass is 271 g/mol. The Labute approximate surface area is 112 Å². The topological polar surface area (TPSA) is 98.2 Å². The van der Waals surface area contributed by atoms with Crippen LogP contribution < -0.4 is 16.8 Å². The molecule has 0 aliphatic heterocycles. The molecule has 6 heteroatoms. The molecule has 2 amide bonds. The van der Waals surface area contributed by atoms with Crippen molar-refractivity contribution >= 4 is 24.2 Å². The molecule has 0 saturated heterocycles. The molecule has 5 N–H and O–H groups in total. The van der Waals surface area contributed by atoms with Crippen LogP contribution >= 0.6 is 12.4 Å². The van der Waals surface area contributed by atoms with Crippen LogP contribution in [-0.4, -0.2) is 23.9 Å². The minimum atomic E-state index is -0.726. The van der Waals surface area contributed by atoms with Crippen LogP contribution in [0.15, 0.2) is 30.3 Å². The molecule has 0 aromatic heterocycles. The highest BCUT2D eigenvalue weighted by Gasteiger charge is 2.19. The Morgan fingerprint density at radius 3 is 2.28 bits per heavy atom. The van der Waals surface area contributed by atoms with Gasteiger partial charge in [0.05, 0.1) is 6.04 Å². The summed E-state index contributed by atoms with van der Waals surface area (Å²) in [4.78, 5) is 22.6. The first-order chi connectivity index (χ1) is 8.00. The predicted molar refractivity (Wildman–Crippen MR) is 72.2 cm³/mol. The molecule has 18 heavy (non-hydrogen) atoms. The van der Waals surface area contributed by atoms with Crippen LogP contribution in [0.3, 0.4) is 0 Å². The van der Waals surface area contributed by atoms with Crippen LogP contribution in [0.25, 0.3) is 0 Å². The number of benzene rings is 1. The lowest BCUT2D eigenvalue weighted by molar-refractivity contribution is -0.127. The second-order valence-corrected chi connectivity index (χ2v) is 3.94. The lowest BCUT2D eigenvalue weighted by Gasteiger charge is -2.16. The fraction of sp³-hybridized carbons (Fsp3) is 0.333. The van der Waals surface area contributed by atoms with Crippen LogP contribution in [-0.2, 0) is 16.0 Å². The Kier molecular flexibility index (Phi) is 7.00.